The predicted octanol–water partition coefficient (Wildman–Crippen LogP) is 7.31. The zero-order valence-electron chi connectivity index (χ0n) is 20.2. The highest BCUT2D eigenvalue weighted by molar-refractivity contribution is 5.86. The van der Waals surface area contributed by atoms with Crippen molar-refractivity contribution in [3.63, 3.8) is 0 Å². The summed E-state index contributed by atoms with van der Waals surface area (Å²) in [5.41, 5.74) is 6.03. The summed E-state index contributed by atoms with van der Waals surface area (Å²) >= 11 is 0. The molecule has 0 bridgehead atoms. The number of anilines is 4. The summed E-state index contributed by atoms with van der Waals surface area (Å²) in [6.07, 6.45) is 8.87. The van der Waals surface area contributed by atoms with Crippen molar-refractivity contribution in [1.82, 2.24) is 9.97 Å². The van der Waals surface area contributed by atoms with Gasteiger partial charge in [0.1, 0.15) is 6.17 Å². The van der Waals surface area contributed by atoms with Crippen molar-refractivity contribution in [3.8, 4) is 0 Å². The van der Waals surface area contributed by atoms with Crippen LogP contribution in [0.5, 0.6) is 0 Å². The zero-order valence-corrected chi connectivity index (χ0v) is 20.2. The van der Waals surface area contributed by atoms with Gasteiger partial charge in [-0.05, 0) is 67.4 Å². The number of para-hydroxylation sites is 2. The monoisotopic (exact) mass is 438 g/mol. The molecular weight excluding hydrogens is 404 g/mol. The molecule has 4 nitrogen and oxygen atoms in total. The summed E-state index contributed by atoms with van der Waals surface area (Å²) < 4.78 is 0. The smallest absolute Gasteiger partial charge is 0.179 e. The van der Waals surface area contributed by atoms with Crippen molar-refractivity contribution in [2.45, 2.75) is 65.5 Å². The molecule has 0 radical (unpaired) electrons. The van der Waals surface area contributed by atoms with Gasteiger partial charge in [0.25, 0.3) is 0 Å². The van der Waals surface area contributed by atoms with E-state index in [2.05, 4.69) is 104 Å². The van der Waals surface area contributed by atoms with Crippen LogP contribution in [0.1, 0.15) is 63.4 Å². The Labute approximate surface area is 198 Å². The normalized spacial score (nSPS) is 22.2. The second-order valence-electron chi connectivity index (χ2n) is 8.99. The van der Waals surface area contributed by atoms with Gasteiger partial charge in [-0.15, -0.1) is 0 Å². The fourth-order valence-corrected chi connectivity index (χ4v) is 5.60. The fourth-order valence-electron chi connectivity index (χ4n) is 5.60. The lowest BCUT2D eigenvalue weighted by Gasteiger charge is -2.36. The summed E-state index contributed by atoms with van der Waals surface area (Å²) in [6, 6.07) is 19.6. The standard InChI is InChI=1S/C29H34N4/c1-5-20-18-19-27-32(21-14-10-9-11-15-21)28-29(31-25(8-4)24(7-3)30-28)33(27)26-17-13-12-16-23(26)22(20)6-2/h9-20,22,27H,5-8H2,1-4H3/b19-18-. The third kappa shape index (κ3) is 3.52. The molecule has 0 N–H and O–H groups in total. The highest BCUT2D eigenvalue weighted by Crippen LogP contribution is 2.50. The van der Waals surface area contributed by atoms with Crippen LogP contribution in [0.15, 0.2) is 66.7 Å². The van der Waals surface area contributed by atoms with Crippen molar-refractivity contribution in [2.24, 2.45) is 5.92 Å². The molecule has 0 saturated carbocycles. The van der Waals surface area contributed by atoms with Gasteiger partial charge in [0.2, 0.25) is 0 Å². The molecule has 33 heavy (non-hydrogen) atoms. The van der Waals surface area contributed by atoms with Gasteiger partial charge in [0.15, 0.2) is 11.6 Å². The number of hydrogen-bond donors (Lipinski definition) is 0. The van der Waals surface area contributed by atoms with Gasteiger partial charge in [-0.2, -0.15) is 0 Å². The Kier molecular flexibility index (Phi) is 5.92. The van der Waals surface area contributed by atoms with Crippen LogP contribution < -0.4 is 9.80 Å². The molecule has 2 aromatic carbocycles. The maximum atomic E-state index is 5.25. The molecule has 2 aliphatic rings. The van der Waals surface area contributed by atoms with Crippen molar-refractivity contribution in [3.05, 3.63) is 83.7 Å². The minimum Gasteiger partial charge on any atom is -0.298 e. The van der Waals surface area contributed by atoms with E-state index in [9.17, 15) is 0 Å². The highest BCUT2D eigenvalue weighted by Gasteiger charge is 2.42. The van der Waals surface area contributed by atoms with E-state index >= 15 is 0 Å². The van der Waals surface area contributed by atoms with Crippen LogP contribution in [0, 0.1) is 5.92 Å². The van der Waals surface area contributed by atoms with Crippen LogP contribution in [0.25, 0.3) is 0 Å². The van der Waals surface area contributed by atoms with E-state index in [0.717, 1.165) is 54.4 Å². The third-order valence-corrected chi connectivity index (χ3v) is 7.26. The number of allylic oxidation sites excluding steroid dienone is 1. The molecule has 3 atom stereocenters. The van der Waals surface area contributed by atoms with E-state index in [-0.39, 0.29) is 6.17 Å². The van der Waals surface area contributed by atoms with Crippen LogP contribution in [-0.4, -0.2) is 16.1 Å². The number of hydrogen-bond acceptors (Lipinski definition) is 4. The summed E-state index contributed by atoms with van der Waals surface area (Å²) in [6.45, 7) is 8.97. The molecule has 5 rings (SSSR count). The lowest BCUT2D eigenvalue weighted by Crippen LogP contribution is -2.38. The Morgan fingerprint density at radius 3 is 1.97 bits per heavy atom. The van der Waals surface area contributed by atoms with Gasteiger partial charge in [0, 0.05) is 11.4 Å². The first kappa shape index (κ1) is 21.7. The van der Waals surface area contributed by atoms with Gasteiger partial charge in [-0.3, -0.25) is 9.80 Å². The molecule has 2 aliphatic heterocycles. The highest BCUT2D eigenvalue weighted by atomic mass is 15.5. The molecule has 0 fully saturated rings. The first-order valence-corrected chi connectivity index (χ1v) is 12.5. The number of benzene rings is 2. The fraction of sp³-hybridized carbons (Fsp3) is 0.379. The van der Waals surface area contributed by atoms with Gasteiger partial charge in [-0.25, -0.2) is 9.97 Å². The third-order valence-electron chi connectivity index (χ3n) is 7.26. The SMILES string of the molecule is CCc1nc2c(nc1CC)N1c3ccccc3C(CC)C(CC)/C=C\C1N2c1ccccc1. The second-order valence-corrected chi connectivity index (χ2v) is 8.99. The molecule has 0 amide bonds. The zero-order chi connectivity index (χ0) is 22.9. The van der Waals surface area contributed by atoms with Gasteiger partial charge in [-0.1, -0.05) is 70.2 Å². The van der Waals surface area contributed by atoms with E-state index in [1.807, 2.05) is 0 Å². The van der Waals surface area contributed by atoms with E-state index < -0.39 is 0 Å². The Bertz CT molecular complexity index is 1150. The van der Waals surface area contributed by atoms with Crippen molar-refractivity contribution >= 4 is 23.0 Å². The van der Waals surface area contributed by atoms with Crippen molar-refractivity contribution < 1.29 is 0 Å². The average Bonchev–Trinajstić information content (AvgIpc) is 3.17. The Morgan fingerprint density at radius 1 is 0.697 bits per heavy atom. The minimum absolute atomic E-state index is 0.00668. The van der Waals surface area contributed by atoms with Crippen LogP contribution in [0.4, 0.5) is 23.0 Å². The molecule has 3 heterocycles. The molecule has 1 aromatic heterocycles. The van der Waals surface area contributed by atoms with E-state index in [1.165, 1.54) is 11.3 Å². The van der Waals surface area contributed by atoms with E-state index in [4.69, 9.17) is 9.97 Å². The number of nitrogens with zero attached hydrogens (tertiary/aromatic N) is 4. The molecule has 0 saturated heterocycles. The topological polar surface area (TPSA) is 32.3 Å². The first-order valence-electron chi connectivity index (χ1n) is 12.5. The molecular formula is C29H34N4. The number of fused-ring (bicyclic) bond motifs is 5. The Hall–Kier alpha value is -3.14. The van der Waals surface area contributed by atoms with E-state index in [0.29, 0.717) is 11.8 Å². The van der Waals surface area contributed by atoms with Crippen LogP contribution in [0.3, 0.4) is 0 Å². The maximum Gasteiger partial charge on any atom is 0.179 e. The van der Waals surface area contributed by atoms with Gasteiger partial charge >= 0.3 is 0 Å². The number of aryl methyl sites for hydroxylation is 2. The molecule has 4 heteroatoms. The second kappa shape index (κ2) is 9.01. The molecule has 3 aromatic rings. The molecule has 170 valence electrons. The number of aromatic nitrogens is 2. The largest absolute Gasteiger partial charge is 0.298 e. The summed E-state index contributed by atoms with van der Waals surface area (Å²) in [5, 5.41) is 0. The van der Waals surface area contributed by atoms with Crippen molar-refractivity contribution in [2.75, 3.05) is 9.80 Å². The Balaban J connectivity index is 1.80. The maximum absolute atomic E-state index is 5.25. The predicted molar refractivity (Wildman–Crippen MR) is 138 cm³/mol. The van der Waals surface area contributed by atoms with E-state index in [1.54, 1.807) is 0 Å². The quantitative estimate of drug-likeness (QED) is 0.391. The summed E-state index contributed by atoms with van der Waals surface area (Å²) in [5.74, 6) is 2.94. The molecule has 0 spiro atoms. The lowest BCUT2D eigenvalue weighted by atomic mass is 9.80. The molecule has 3 unspecified atom stereocenters. The Morgan fingerprint density at radius 2 is 1.33 bits per heavy atom. The van der Waals surface area contributed by atoms with Gasteiger partial charge < -0.3 is 0 Å². The number of rotatable bonds is 5. The van der Waals surface area contributed by atoms with Crippen LogP contribution in [-0.2, 0) is 12.8 Å². The lowest BCUT2D eigenvalue weighted by molar-refractivity contribution is 0.474. The summed E-state index contributed by atoms with van der Waals surface area (Å²) in [7, 11) is 0. The van der Waals surface area contributed by atoms with Crippen LogP contribution in [0.2, 0.25) is 0 Å². The average molecular weight is 439 g/mol. The van der Waals surface area contributed by atoms with Gasteiger partial charge in [0.05, 0.1) is 11.4 Å². The molecule has 0 aliphatic carbocycles. The minimum atomic E-state index is 0.00668. The van der Waals surface area contributed by atoms with Crippen molar-refractivity contribution in [1.29, 1.82) is 0 Å². The first-order chi connectivity index (χ1) is 16.2. The summed E-state index contributed by atoms with van der Waals surface area (Å²) in [4.78, 5) is 15.3. The van der Waals surface area contributed by atoms with Crippen LogP contribution >= 0.6 is 0 Å².